The molecule has 6 aromatic rings. The third-order valence-electron chi connectivity index (χ3n) is 11.9. The lowest BCUT2D eigenvalue weighted by molar-refractivity contribution is 0.449. The van der Waals surface area contributed by atoms with Crippen LogP contribution in [-0.2, 0) is 12.8 Å². The maximum atomic E-state index is 2.57. The number of unbranched alkanes of at least 4 members (excludes halogenated alkanes) is 2. The zero-order valence-electron chi connectivity index (χ0n) is 33.5. The second kappa shape index (κ2) is 17.1. The number of aryl methyl sites for hydroxylation is 4. The summed E-state index contributed by atoms with van der Waals surface area (Å²) in [4.78, 5) is 0. The molecule has 0 radical (unpaired) electrons. The minimum Gasteiger partial charge on any atom is -0.0654 e. The summed E-state index contributed by atoms with van der Waals surface area (Å²) >= 11 is 0. The molecule has 6 aromatic carbocycles. The molecule has 0 aromatic heterocycles. The van der Waals surface area contributed by atoms with E-state index in [0.29, 0.717) is 5.92 Å². The van der Waals surface area contributed by atoms with Gasteiger partial charge in [-0.15, -0.1) is 0 Å². The molecule has 0 aliphatic heterocycles. The highest BCUT2D eigenvalue weighted by Gasteiger charge is 2.19. The van der Waals surface area contributed by atoms with Crippen LogP contribution < -0.4 is 0 Å². The summed E-state index contributed by atoms with van der Waals surface area (Å²) < 4.78 is 0. The first-order chi connectivity index (χ1) is 25.2. The normalized spacial score (nSPS) is 12.8. The van der Waals surface area contributed by atoms with Crippen LogP contribution in [0.4, 0.5) is 0 Å². The van der Waals surface area contributed by atoms with Crippen molar-refractivity contribution in [2.24, 2.45) is 11.8 Å². The fourth-order valence-electron chi connectivity index (χ4n) is 8.49. The van der Waals surface area contributed by atoms with E-state index >= 15 is 0 Å². The van der Waals surface area contributed by atoms with Crippen LogP contribution in [0.15, 0.2) is 97.1 Å². The Morgan fingerprint density at radius 2 is 0.942 bits per heavy atom. The molecule has 0 fully saturated rings. The van der Waals surface area contributed by atoms with E-state index in [1.165, 1.54) is 141 Å². The molecular formula is C52H62. The highest BCUT2D eigenvalue weighted by atomic mass is 14.2. The summed E-state index contributed by atoms with van der Waals surface area (Å²) in [6.07, 6.45) is 12.5. The summed E-state index contributed by atoms with van der Waals surface area (Å²) in [5.41, 5.74) is 16.3. The molecule has 0 aliphatic carbocycles. The van der Waals surface area contributed by atoms with Crippen molar-refractivity contribution >= 4 is 21.5 Å². The van der Waals surface area contributed by atoms with Gasteiger partial charge in [-0.1, -0.05) is 169 Å². The van der Waals surface area contributed by atoms with Crippen LogP contribution in [0, 0.1) is 39.5 Å². The standard InChI is InChI=1S/C52H62/c1-9-13-15-39(11-3)29-45-31-43(33-51-46(45)26-21-38(8)47(51)30-40(12-4)16-14-10-2)44-32-49(42-24-19-36(6)20-25-42)50-28-37(7)27-48(52(50)34-44)41-22-17-35(5)18-23-41/h17-28,31-34,39-40H,9-16,29-30H2,1-8H3. The third kappa shape index (κ3) is 8.39. The van der Waals surface area contributed by atoms with Gasteiger partial charge in [-0.3, -0.25) is 0 Å². The van der Waals surface area contributed by atoms with Crippen molar-refractivity contribution in [1.29, 1.82) is 0 Å². The predicted molar refractivity (Wildman–Crippen MR) is 231 cm³/mol. The molecule has 0 saturated heterocycles. The van der Waals surface area contributed by atoms with Gasteiger partial charge >= 0.3 is 0 Å². The quantitative estimate of drug-likeness (QED) is 0.101. The Labute approximate surface area is 315 Å². The van der Waals surface area contributed by atoms with Crippen LogP contribution in [0.1, 0.15) is 112 Å². The second-order valence-electron chi connectivity index (χ2n) is 16.0. The van der Waals surface area contributed by atoms with Crippen molar-refractivity contribution < 1.29 is 0 Å². The minimum absolute atomic E-state index is 0.701. The Kier molecular flexibility index (Phi) is 12.4. The van der Waals surface area contributed by atoms with Crippen LogP contribution in [0.3, 0.4) is 0 Å². The van der Waals surface area contributed by atoms with E-state index in [-0.39, 0.29) is 0 Å². The van der Waals surface area contributed by atoms with Crippen molar-refractivity contribution in [3.8, 4) is 33.4 Å². The van der Waals surface area contributed by atoms with E-state index in [1.807, 2.05) is 0 Å². The fraction of sp³-hybridized carbons (Fsp3) is 0.385. The van der Waals surface area contributed by atoms with E-state index < -0.39 is 0 Å². The van der Waals surface area contributed by atoms with E-state index in [2.05, 4.69) is 152 Å². The molecule has 0 heteroatoms. The van der Waals surface area contributed by atoms with Gasteiger partial charge in [0.2, 0.25) is 0 Å². The first kappa shape index (κ1) is 37.6. The Bertz CT molecular complexity index is 2110. The molecule has 6 rings (SSSR count). The zero-order chi connectivity index (χ0) is 36.8. The molecule has 0 aliphatic rings. The Morgan fingerprint density at radius 3 is 1.52 bits per heavy atom. The Balaban J connectivity index is 1.64. The molecule has 0 bridgehead atoms. The van der Waals surface area contributed by atoms with Crippen LogP contribution in [0.2, 0.25) is 0 Å². The van der Waals surface area contributed by atoms with Crippen molar-refractivity contribution in [2.45, 2.75) is 120 Å². The van der Waals surface area contributed by atoms with Gasteiger partial charge in [-0.05, 0) is 148 Å². The Morgan fingerprint density at radius 1 is 0.423 bits per heavy atom. The molecule has 270 valence electrons. The van der Waals surface area contributed by atoms with Gasteiger partial charge in [0.25, 0.3) is 0 Å². The van der Waals surface area contributed by atoms with Gasteiger partial charge in [-0.25, -0.2) is 0 Å². The Hall–Kier alpha value is -4.16. The van der Waals surface area contributed by atoms with Gasteiger partial charge in [0.1, 0.15) is 0 Å². The number of benzene rings is 6. The smallest absolute Gasteiger partial charge is 0.00928 e. The van der Waals surface area contributed by atoms with Gasteiger partial charge in [-0.2, -0.15) is 0 Å². The van der Waals surface area contributed by atoms with Crippen molar-refractivity contribution in [3.63, 3.8) is 0 Å². The first-order valence-electron chi connectivity index (χ1n) is 20.5. The van der Waals surface area contributed by atoms with E-state index in [4.69, 9.17) is 0 Å². The van der Waals surface area contributed by atoms with Gasteiger partial charge in [0.05, 0.1) is 0 Å². The first-order valence-corrected chi connectivity index (χ1v) is 20.5. The fourth-order valence-corrected chi connectivity index (χ4v) is 8.49. The summed E-state index contributed by atoms with van der Waals surface area (Å²) in [6, 6.07) is 38.1. The molecule has 2 unspecified atom stereocenters. The third-order valence-corrected chi connectivity index (χ3v) is 11.9. The number of fused-ring (bicyclic) bond motifs is 2. The maximum absolute atomic E-state index is 2.57. The SMILES string of the molecule is CCCCC(CC)Cc1cc(-c2cc(-c3ccc(C)cc3)c3cc(C)cc(-c4ccc(C)cc4)c3c2)cc2c(CC(CC)CCCC)c(C)ccc12. The molecule has 52 heavy (non-hydrogen) atoms. The average molecular weight is 687 g/mol. The minimum atomic E-state index is 0.701. The van der Waals surface area contributed by atoms with Gasteiger partial charge in [0, 0.05) is 0 Å². The predicted octanol–water partition coefficient (Wildman–Crippen LogP) is 15.7. The molecule has 0 spiro atoms. The summed E-state index contributed by atoms with van der Waals surface area (Å²) in [5, 5.41) is 5.61. The lowest BCUT2D eigenvalue weighted by Crippen LogP contribution is -2.07. The number of hydrogen-bond acceptors (Lipinski definition) is 0. The topological polar surface area (TPSA) is 0 Å². The molecule has 2 atom stereocenters. The lowest BCUT2D eigenvalue weighted by atomic mass is 9.82. The van der Waals surface area contributed by atoms with Crippen LogP contribution in [-0.4, -0.2) is 0 Å². The van der Waals surface area contributed by atoms with E-state index in [0.717, 1.165) is 12.3 Å². The summed E-state index contributed by atoms with van der Waals surface area (Å²) in [5.74, 6) is 1.42. The second-order valence-corrected chi connectivity index (χ2v) is 16.0. The van der Waals surface area contributed by atoms with Gasteiger partial charge < -0.3 is 0 Å². The molecular weight excluding hydrogens is 625 g/mol. The van der Waals surface area contributed by atoms with Crippen molar-refractivity contribution in [3.05, 3.63) is 130 Å². The summed E-state index contributed by atoms with van der Waals surface area (Å²) in [6.45, 7) is 18.4. The van der Waals surface area contributed by atoms with E-state index in [1.54, 1.807) is 5.56 Å². The average Bonchev–Trinajstić information content (AvgIpc) is 3.15. The molecule has 0 nitrogen and oxygen atoms in total. The largest absolute Gasteiger partial charge is 0.0654 e. The number of rotatable bonds is 15. The highest BCUT2D eigenvalue weighted by Crippen LogP contribution is 2.42. The van der Waals surface area contributed by atoms with E-state index in [9.17, 15) is 0 Å². The summed E-state index contributed by atoms with van der Waals surface area (Å²) in [7, 11) is 0. The number of hydrogen-bond donors (Lipinski definition) is 0. The van der Waals surface area contributed by atoms with Crippen LogP contribution in [0.5, 0.6) is 0 Å². The molecule has 0 heterocycles. The highest BCUT2D eigenvalue weighted by molar-refractivity contribution is 6.08. The van der Waals surface area contributed by atoms with Crippen molar-refractivity contribution in [1.82, 2.24) is 0 Å². The molecule has 0 N–H and O–H groups in total. The van der Waals surface area contributed by atoms with Crippen LogP contribution >= 0.6 is 0 Å². The van der Waals surface area contributed by atoms with Crippen molar-refractivity contribution in [2.75, 3.05) is 0 Å². The molecule has 0 saturated carbocycles. The maximum Gasteiger partial charge on any atom is -0.00928 e. The monoisotopic (exact) mass is 686 g/mol. The lowest BCUT2D eigenvalue weighted by Gasteiger charge is -2.22. The molecule has 0 amide bonds. The van der Waals surface area contributed by atoms with Crippen LogP contribution in [0.25, 0.3) is 54.9 Å². The zero-order valence-corrected chi connectivity index (χ0v) is 33.5. The van der Waals surface area contributed by atoms with Gasteiger partial charge in [0.15, 0.2) is 0 Å².